The van der Waals surface area contributed by atoms with E-state index < -0.39 is 0 Å². The number of rotatable bonds is 7. The smallest absolute Gasteiger partial charge is 0.262 e. The zero-order valence-corrected chi connectivity index (χ0v) is 15.1. The van der Waals surface area contributed by atoms with Crippen LogP contribution in [0.3, 0.4) is 0 Å². The van der Waals surface area contributed by atoms with E-state index in [1.54, 1.807) is 32.4 Å². The summed E-state index contributed by atoms with van der Waals surface area (Å²) in [5.74, 6) is -0.150. The fourth-order valence-electron chi connectivity index (χ4n) is 2.13. The van der Waals surface area contributed by atoms with Crippen LogP contribution in [-0.2, 0) is 16.1 Å². The Labute approximate surface area is 148 Å². The number of carbonyl (C=O) groups excluding carboxylic acids is 1. The topological polar surface area (TPSA) is 69.6 Å². The standard InChI is InChI=1S/C17H19BrN2O4/c1-12-17(15(21)7-8-20(12)9-10-23-2)24-11-16(22)19-14-5-3-13(18)4-6-14/h3-8H,9-11H2,1-2H3,(H,19,22). The Bertz CT molecular complexity index is 756. The lowest BCUT2D eigenvalue weighted by molar-refractivity contribution is -0.118. The minimum Gasteiger partial charge on any atom is -0.478 e. The second-order valence-electron chi connectivity index (χ2n) is 5.12. The summed E-state index contributed by atoms with van der Waals surface area (Å²) in [6.45, 7) is 2.66. The minimum atomic E-state index is -0.330. The molecular weight excluding hydrogens is 376 g/mol. The molecule has 0 aliphatic carbocycles. The van der Waals surface area contributed by atoms with Gasteiger partial charge < -0.3 is 19.4 Å². The third-order valence-corrected chi connectivity index (χ3v) is 3.93. The number of halogens is 1. The van der Waals surface area contributed by atoms with Crippen LogP contribution in [0, 0.1) is 6.92 Å². The SMILES string of the molecule is COCCn1ccc(=O)c(OCC(=O)Nc2ccc(Br)cc2)c1C. The Morgan fingerprint density at radius 3 is 2.62 bits per heavy atom. The minimum absolute atomic E-state index is 0.180. The molecule has 0 atom stereocenters. The van der Waals surface area contributed by atoms with E-state index in [4.69, 9.17) is 9.47 Å². The summed E-state index contributed by atoms with van der Waals surface area (Å²) in [4.78, 5) is 23.9. The van der Waals surface area contributed by atoms with Gasteiger partial charge in [-0.2, -0.15) is 0 Å². The molecule has 0 fully saturated rings. The van der Waals surface area contributed by atoms with Crippen molar-refractivity contribution in [3.8, 4) is 5.75 Å². The molecule has 0 radical (unpaired) electrons. The van der Waals surface area contributed by atoms with Gasteiger partial charge in [-0.15, -0.1) is 0 Å². The van der Waals surface area contributed by atoms with Crippen molar-refractivity contribution >= 4 is 27.5 Å². The maximum absolute atomic E-state index is 12.0. The van der Waals surface area contributed by atoms with Crippen LogP contribution in [-0.4, -0.2) is 30.8 Å². The predicted molar refractivity (Wildman–Crippen MR) is 95.6 cm³/mol. The third-order valence-electron chi connectivity index (χ3n) is 3.40. The Kier molecular flexibility index (Phi) is 6.57. The lowest BCUT2D eigenvalue weighted by atomic mass is 10.3. The van der Waals surface area contributed by atoms with Gasteiger partial charge in [-0.3, -0.25) is 9.59 Å². The lowest BCUT2D eigenvalue weighted by Crippen LogP contribution is -2.24. The first-order valence-electron chi connectivity index (χ1n) is 7.38. The van der Waals surface area contributed by atoms with E-state index in [0.29, 0.717) is 24.5 Å². The van der Waals surface area contributed by atoms with Gasteiger partial charge in [0.25, 0.3) is 5.91 Å². The summed E-state index contributed by atoms with van der Waals surface area (Å²) in [7, 11) is 1.61. The average molecular weight is 395 g/mol. The third kappa shape index (κ3) is 4.94. The molecule has 0 bridgehead atoms. The van der Waals surface area contributed by atoms with Crippen molar-refractivity contribution in [1.82, 2.24) is 4.57 Å². The fraction of sp³-hybridized carbons (Fsp3) is 0.294. The number of pyridine rings is 1. The molecule has 1 N–H and O–H groups in total. The van der Waals surface area contributed by atoms with Gasteiger partial charge in [-0.25, -0.2) is 0 Å². The van der Waals surface area contributed by atoms with Crippen molar-refractivity contribution in [1.29, 1.82) is 0 Å². The zero-order chi connectivity index (χ0) is 17.5. The number of aromatic nitrogens is 1. The highest BCUT2D eigenvalue weighted by Crippen LogP contribution is 2.15. The molecule has 7 heteroatoms. The largest absolute Gasteiger partial charge is 0.478 e. The van der Waals surface area contributed by atoms with Gasteiger partial charge in [0.1, 0.15) is 0 Å². The normalized spacial score (nSPS) is 10.5. The van der Waals surface area contributed by atoms with Gasteiger partial charge in [0.2, 0.25) is 5.43 Å². The molecule has 0 aliphatic rings. The molecule has 0 aliphatic heterocycles. The van der Waals surface area contributed by atoms with E-state index in [-0.39, 0.29) is 23.7 Å². The van der Waals surface area contributed by atoms with Crippen molar-refractivity contribution in [2.24, 2.45) is 0 Å². The molecule has 2 rings (SSSR count). The number of nitrogens with one attached hydrogen (secondary N) is 1. The van der Waals surface area contributed by atoms with Gasteiger partial charge >= 0.3 is 0 Å². The highest BCUT2D eigenvalue weighted by Gasteiger charge is 2.11. The second kappa shape index (κ2) is 8.65. The summed E-state index contributed by atoms with van der Waals surface area (Å²) in [6.07, 6.45) is 1.69. The van der Waals surface area contributed by atoms with E-state index in [2.05, 4.69) is 21.2 Å². The van der Waals surface area contributed by atoms with Crippen LogP contribution in [0.2, 0.25) is 0 Å². The Morgan fingerprint density at radius 2 is 1.96 bits per heavy atom. The number of anilines is 1. The summed E-state index contributed by atoms with van der Waals surface area (Å²) in [5, 5.41) is 2.71. The quantitative estimate of drug-likeness (QED) is 0.783. The number of hydrogen-bond donors (Lipinski definition) is 1. The molecule has 0 spiro atoms. The van der Waals surface area contributed by atoms with Gasteiger partial charge in [0, 0.05) is 36.1 Å². The molecule has 1 heterocycles. The van der Waals surface area contributed by atoms with Crippen LogP contribution < -0.4 is 15.5 Å². The average Bonchev–Trinajstić information content (AvgIpc) is 2.56. The van der Waals surface area contributed by atoms with Crippen LogP contribution >= 0.6 is 15.9 Å². The summed E-state index contributed by atoms with van der Waals surface area (Å²) in [6, 6.07) is 8.62. The van der Waals surface area contributed by atoms with E-state index in [0.717, 1.165) is 4.47 Å². The predicted octanol–water partition coefficient (Wildman–Crippen LogP) is 2.58. The highest BCUT2D eigenvalue weighted by molar-refractivity contribution is 9.10. The summed E-state index contributed by atoms with van der Waals surface area (Å²) >= 11 is 3.33. The molecule has 24 heavy (non-hydrogen) atoms. The zero-order valence-electron chi connectivity index (χ0n) is 13.5. The van der Waals surface area contributed by atoms with E-state index >= 15 is 0 Å². The highest BCUT2D eigenvalue weighted by atomic mass is 79.9. The summed E-state index contributed by atoms with van der Waals surface area (Å²) < 4.78 is 13.3. The number of amides is 1. The van der Waals surface area contributed by atoms with Crippen molar-refractivity contribution in [3.05, 3.63) is 56.9 Å². The number of nitrogens with zero attached hydrogens (tertiary/aromatic N) is 1. The molecule has 2 aromatic rings. The van der Waals surface area contributed by atoms with Crippen molar-refractivity contribution in [2.45, 2.75) is 13.5 Å². The van der Waals surface area contributed by atoms with Crippen LogP contribution in [0.4, 0.5) is 5.69 Å². The first-order valence-corrected chi connectivity index (χ1v) is 8.17. The monoisotopic (exact) mass is 394 g/mol. The molecule has 128 valence electrons. The Balaban J connectivity index is 2.01. The number of carbonyl (C=O) groups is 1. The molecule has 0 saturated carbocycles. The molecule has 0 unspecified atom stereocenters. The maximum Gasteiger partial charge on any atom is 0.262 e. The van der Waals surface area contributed by atoms with Crippen molar-refractivity contribution < 1.29 is 14.3 Å². The van der Waals surface area contributed by atoms with Crippen LogP contribution in [0.5, 0.6) is 5.75 Å². The Morgan fingerprint density at radius 1 is 1.25 bits per heavy atom. The van der Waals surface area contributed by atoms with E-state index in [1.807, 2.05) is 16.7 Å². The van der Waals surface area contributed by atoms with Crippen molar-refractivity contribution in [2.75, 3.05) is 25.6 Å². The van der Waals surface area contributed by atoms with Crippen molar-refractivity contribution in [3.63, 3.8) is 0 Å². The van der Waals surface area contributed by atoms with Crippen LogP contribution in [0.25, 0.3) is 0 Å². The summed E-state index contributed by atoms with van der Waals surface area (Å²) in [5.41, 5.74) is 1.07. The van der Waals surface area contributed by atoms with Gasteiger partial charge in [0.05, 0.1) is 12.3 Å². The van der Waals surface area contributed by atoms with Gasteiger partial charge in [0.15, 0.2) is 12.4 Å². The van der Waals surface area contributed by atoms with E-state index in [1.165, 1.54) is 6.07 Å². The van der Waals surface area contributed by atoms with Gasteiger partial charge in [-0.1, -0.05) is 15.9 Å². The molecule has 1 aromatic heterocycles. The molecule has 1 aromatic carbocycles. The van der Waals surface area contributed by atoms with Gasteiger partial charge in [-0.05, 0) is 31.2 Å². The number of methoxy groups -OCH3 is 1. The van der Waals surface area contributed by atoms with Crippen LogP contribution in [0.1, 0.15) is 5.69 Å². The number of hydrogen-bond acceptors (Lipinski definition) is 4. The fourth-order valence-corrected chi connectivity index (χ4v) is 2.39. The second-order valence-corrected chi connectivity index (χ2v) is 6.04. The molecule has 6 nitrogen and oxygen atoms in total. The lowest BCUT2D eigenvalue weighted by Gasteiger charge is -2.14. The molecular formula is C17H19BrN2O4. The van der Waals surface area contributed by atoms with E-state index in [9.17, 15) is 9.59 Å². The van der Waals surface area contributed by atoms with Crippen LogP contribution in [0.15, 0.2) is 45.8 Å². The maximum atomic E-state index is 12.0. The first kappa shape index (κ1) is 18.2. The Hall–Kier alpha value is -2.12. The molecule has 1 amide bonds. The number of ether oxygens (including phenoxy) is 2. The number of benzene rings is 1. The molecule has 0 saturated heterocycles. The first-order chi connectivity index (χ1) is 11.5.